The minimum Gasteiger partial charge on any atom is -0.366 e. The van der Waals surface area contributed by atoms with Crippen LogP contribution >= 0.6 is 0 Å². The minimum atomic E-state index is -0.561. The summed E-state index contributed by atoms with van der Waals surface area (Å²) in [4.78, 5) is 24.6. The number of rotatable bonds is 3. The molecule has 1 amide bonds. The van der Waals surface area contributed by atoms with E-state index in [1.165, 1.54) is 5.56 Å². The Morgan fingerprint density at radius 3 is 2.62 bits per heavy atom. The molecule has 0 radical (unpaired) electrons. The normalized spacial score (nSPS) is 11.2. The third kappa shape index (κ3) is 2.85. The van der Waals surface area contributed by atoms with Crippen LogP contribution in [0.4, 0.5) is 4.79 Å². The quantitative estimate of drug-likeness (QED) is 0.797. The summed E-state index contributed by atoms with van der Waals surface area (Å²) in [5, 5.41) is 3.18. The summed E-state index contributed by atoms with van der Waals surface area (Å²) >= 11 is 0. The second-order valence-corrected chi connectivity index (χ2v) is 6.14. The number of aromatic nitrogens is 1. The highest BCUT2D eigenvalue weighted by atomic mass is 16.5. The standard InChI is InChI=1S/C19H20N2O3/c1-12(2)14-9-6-7-13(3)16(14)11-20-19(23)21-18(22)15-8-4-5-10-17(15)24-21/h4-10,12H,11H2,1-3H3,(H,20,23). The van der Waals surface area contributed by atoms with Gasteiger partial charge in [0.1, 0.15) is 0 Å². The average Bonchev–Trinajstić information content (AvgIpc) is 2.90. The van der Waals surface area contributed by atoms with Crippen LogP contribution in [0.3, 0.4) is 0 Å². The summed E-state index contributed by atoms with van der Waals surface area (Å²) in [6, 6.07) is 12.3. The number of hydrogen-bond donors (Lipinski definition) is 1. The number of fused-ring (bicyclic) bond motifs is 1. The highest BCUT2D eigenvalue weighted by Gasteiger charge is 2.16. The zero-order valence-corrected chi connectivity index (χ0v) is 14.0. The Hall–Kier alpha value is -2.82. The highest BCUT2D eigenvalue weighted by molar-refractivity contribution is 5.82. The van der Waals surface area contributed by atoms with E-state index in [1.54, 1.807) is 24.3 Å². The monoisotopic (exact) mass is 324 g/mol. The number of hydrogen-bond acceptors (Lipinski definition) is 3. The molecule has 5 nitrogen and oxygen atoms in total. The van der Waals surface area contributed by atoms with Gasteiger partial charge < -0.3 is 9.84 Å². The van der Waals surface area contributed by atoms with Crippen LogP contribution in [0.1, 0.15) is 36.5 Å². The van der Waals surface area contributed by atoms with Crippen LogP contribution in [-0.2, 0) is 6.54 Å². The number of benzene rings is 2. The number of para-hydroxylation sites is 1. The molecule has 0 aliphatic carbocycles. The molecule has 1 heterocycles. The van der Waals surface area contributed by atoms with E-state index in [1.807, 2.05) is 19.1 Å². The van der Waals surface area contributed by atoms with Crippen LogP contribution < -0.4 is 10.9 Å². The van der Waals surface area contributed by atoms with Crippen molar-refractivity contribution in [3.05, 3.63) is 69.5 Å². The van der Waals surface area contributed by atoms with Crippen molar-refractivity contribution >= 4 is 17.0 Å². The number of nitrogens with zero attached hydrogens (tertiary/aromatic N) is 1. The van der Waals surface area contributed by atoms with E-state index in [-0.39, 0.29) is 0 Å². The summed E-state index contributed by atoms with van der Waals surface area (Å²) in [6.45, 7) is 6.59. The molecule has 0 saturated carbocycles. The third-order valence-corrected chi connectivity index (χ3v) is 4.16. The van der Waals surface area contributed by atoms with Crippen molar-refractivity contribution in [2.45, 2.75) is 33.2 Å². The number of carbonyl (C=O) groups excluding carboxylic acids is 1. The van der Waals surface area contributed by atoms with Crippen molar-refractivity contribution < 1.29 is 9.32 Å². The lowest BCUT2D eigenvalue weighted by Crippen LogP contribution is -2.34. The SMILES string of the molecule is Cc1cccc(C(C)C)c1CNC(=O)n1oc2ccccc2c1=O. The van der Waals surface area contributed by atoms with Gasteiger partial charge in [-0.1, -0.05) is 48.9 Å². The zero-order chi connectivity index (χ0) is 17.3. The fourth-order valence-electron chi connectivity index (χ4n) is 2.85. The topological polar surface area (TPSA) is 64.2 Å². The molecule has 5 heteroatoms. The van der Waals surface area contributed by atoms with E-state index in [2.05, 4.69) is 25.2 Å². The van der Waals surface area contributed by atoms with E-state index < -0.39 is 11.6 Å². The Labute approximate surface area is 139 Å². The summed E-state index contributed by atoms with van der Waals surface area (Å²) in [5.74, 6) is 0.353. The fourth-order valence-corrected chi connectivity index (χ4v) is 2.85. The molecule has 1 aromatic heterocycles. The van der Waals surface area contributed by atoms with Gasteiger partial charge >= 0.3 is 6.03 Å². The van der Waals surface area contributed by atoms with Crippen molar-refractivity contribution in [2.24, 2.45) is 0 Å². The molecule has 24 heavy (non-hydrogen) atoms. The molecule has 0 unspecified atom stereocenters. The third-order valence-electron chi connectivity index (χ3n) is 4.16. The molecule has 3 aromatic rings. The minimum absolute atomic E-state index is 0.350. The molecule has 124 valence electrons. The molecule has 0 bridgehead atoms. The molecule has 2 aromatic carbocycles. The van der Waals surface area contributed by atoms with Crippen molar-refractivity contribution in [2.75, 3.05) is 0 Å². The Morgan fingerprint density at radius 2 is 1.92 bits per heavy atom. The maximum absolute atomic E-state index is 12.4. The predicted molar refractivity (Wildman–Crippen MR) is 93.4 cm³/mol. The summed E-state index contributed by atoms with van der Waals surface area (Å²) in [5.41, 5.74) is 3.32. The average molecular weight is 324 g/mol. The highest BCUT2D eigenvalue weighted by Crippen LogP contribution is 2.22. The van der Waals surface area contributed by atoms with Crippen LogP contribution in [-0.4, -0.2) is 10.8 Å². The maximum atomic E-state index is 12.4. The maximum Gasteiger partial charge on any atom is 0.358 e. The first kappa shape index (κ1) is 16.1. The Kier molecular flexibility index (Phi) is 4.25. The zero-order valence-electron chi connectivity index (χ0n) is 14.0. The summed E-state index contributed by atoms with van der Waals surface area (Å²) < 4.78 is 6.12. The van der Waals surface area contributed by atoms with Crippen molar-refractivity contribution in [1.82, 2.24) is 10.1 Å². The van der Waals surface area contributed by atoms with Gasteiger partial charge in [-0.15, -0.1) is 0 Å². The molecule has 1 N–H and O–H groups in total. The van der Waals surface area contributed by atoms with Gasteiger partial charge in [-0.3, -0.25) is 4.79 Å². The lowest BCUT2D eigenvalue weighted by molar-refractivity contribution is 0.213. The van der Waals surface area contributed by atoms with E-state index >= 15 is 0 Å². The van der Waals surface area contributed by atoms with Gasteiger partial charge in [0.15, 0.2) is 5.58 Å². The van der Waals surface area contributed by atoms with Gasteiger partial charge in [-0.2, -0.15) is 0 Å². The van der Waals surface area contributed by atoms with Gasteiger partial charge in [-0.05, 0) is 41.7 Å². The van der Waals surface area contributed by atoms with Crippen LogP contribution in [0, 0.1) is 6.92 Å². The Morgan fingerprint density at radius 1 is 1.17 bits per heavy atom. The lowest BCUT2D eigenvalue weighted by Gasteiger charge is -2.15. The smallest absolute Gasteiger partial charge is 0.358 e. The second-order valence-electron chi connectivity index (χ2n) is 6.14. The second kappa shape index (κ2) is 6.35. The summed E-state index contributed by atoms with van der Waals surface area (Å²) in [7, 11) is 0. The van der Waals surface area contributed by atoms with Crippen molar-refractivity contribution in [3.63, 3.8) is 0 Å². The van der Waals surface area contributed by atoms with E-state index in [0.717, 1.165) is 15.9 Å². The number of amides is 1. The molecule has 3 rings (SSSR count). The first-order chi connectivity index (χ1) is 11.5. The Balaban J connectivity index is 1.86. The van der Waals surface area contributed by atoms with Gasteiger partial charge in [0.2, 0.25) is 0 Å². The summed E-state index contributed by atoms with van der Waals surface area (Å²) in [6.07, 6.45) is 0. The molecule has 0 aliphatic heterocycles. The van der Waals surface area contributed by atoms with Crippen LogP contribution in [0.15, 0.2) is 51.8 Å². The molecule has 0 saturated heterocycles. The number of aryl methyl sites for hydroxylation is 1. The molecular formula is C19H20N2O3. The van der Waals surface area contributed by atoms with E-state index in [9.17, 15) is 9.59 Å². The van der Waals surface area contributed by atoms with Gasteiger partial charge in [0.05, 0.1) is 5.39 Å². The Bertz CT molecular complexity index is 951. The molecule has 0 fully saturated rings. The van der Waals surface area contributed by atoms with Crippen LogP contribution in [0.25, 0.3) is 11.0 Å². The van der Waals surface area contributed by atoms with Gasteiger partial charge in [0, 0.05) is 6.54 Å². The first-order valence-corrected chi connectivity index (χ1v) is 7.96. The lowest BCUT2D eigenvalue weighted by atomic mass is 9.94. The number of carbonyl (C=O) groups is 1. The van der Waals surface area contributed by atoms with Crippen LogP contribution in [0.2, 0.25) is 0 Å². The molecule has 0 aliphatic rings. The van der Waals surface area contributed by atoms with Crippen molar-refractivity contribution in [1.29, 1.82) is 0 Å². The number of nitrogens with one attached hydrogen (secondary N) is 1. The van der Waals surface area contributed by atoms with Gasteiger partial charge in [0.25, 0.3) is 5.56 Å². The van der Waals surface area contributed by atoms with E-state index in [0.29, 0.717) is 23.4 Å². The van der Waals surface area contributed by atoms with Crippen molar-refractivity contribution in [3.8, 4) is 0 Å². The largest absolute Gasteiger partial charge is 0.366 e. The molecule has 0 atom stereocenters. The van der Waals surface area contributed by atoms with Crippen LogP contribution in [0.5, 0.6) is 0 Å². The molecule has 0 spiro atoms. The van der Waals surface area contributed by atoms with E-state index in [4.69, 9.17) is 4.52 Å². The molecular weight excluding hydrogens is 304 g/mol. The first-order valence-electron chi connectivity index (χ1n) is 7.96. The fraction of sp³-hybridized carbons (Fsp3) is 0.263. The predicted octanol–water partition coefficient (Wildman–Crippen LogP) is 3.78. The van der Waals surface area contributed by atoms with Gasteiger partial charge in [-0.25, -0.2) is 4.79 Å².